The summed E-state index contributed by atoms with van der Waals surface area (Å²) in [6.07, 6.45) is 4.96. The lowest BCUT2D eigenvalue weighted by Gasteiger charge is -2.29. The fraction of sp³-hybridized carbons (Fsp3) is 0.478. The summed E-state index contributed by atoms with van der Waals surface area (Å²) in [5, 5.41) is 20.9. The summed E-state index contributed by atoms with van der Waals surface area (Å²) in [4.78, 5) is 23.7. The Morgan fingerprint density at radius 1 is 1.09 bits per heavy atom. The van der Waals surface area contributed by atoms with Gasteiger partial charge in [0, 0.05) is 31.4 Å². The summed E-state index contributed by atoms with van der Waals surface area (Å²) >= 11 is 0. The highest BCUT2D eigenvalue weighted by molar-refractivity contribution is 5.90. The summed E-state index contributed by atoms with van der Waals surface area (Å²) in [6, 6.07) is 7.45. The third kappa shape index (κ3) is 4.49. The Morgan fingerprint density at radius 2 is 1.82 bits per heavy atom. The number of aliphatic hydroxyl groups is 1. The van der Waals surface area contributed by atoms with E-state index in [1.54, 1.807) is 7.05 Å². The average molecular weight is 452 g/mol. The average Bonchev–Trinajstić information content (AvgIpc) is 3.29. The van der Waals surface area contributed by atoms with Crippen LogP contribution in [0.25, 0.3) is 22.4 Å². The number of hydrogen-bond donors (Lipinski definition) is 3. The quantitative estimate of drug-likeness (QED) is 0.558. The van der Waals surface area contributed by atoms with Crippen molar-refractivity contribution in [2.24, 2.45) is 0 Å². The number of hydrogen-bond acceptors (Lipinski definition) is 7. The molecule has 1 saturated heterocycles. The van der Waals surface area contributed by atoms with Crippen LogP contribution in [0.1, 0.15) is 31.7 Å². The molecule has 0 radical (unpaired) electrons. The Hall–Kier alpha value is -3.24. The minimum absolute atomic E-state index is 0.213. The van der Waals surface area contributed by atoms with Gasteiger partial charge in [-0.05, 0) is 49.9 Å². The molecule has 3 heterocycles. The standard InChI is InChI=1S/C23H29N7O3/c1-24-23(32)26-16-4-2-15(3-5-16)20-27-21(29-10-12-33-13-11-29)19-14-25-30(22(19)28-20)17-6-8-18(31)9-7-17/h2-5,14,17-18,31H,6-13H2,1H3,(H2,24,26,32). The predicted molar refractivity (Wildman–Crippen MR) is 125 cm³/mol. The molecule has 0 unspecified atom stereocenters. The molecule has 0 atom stereocenters. The van der Waals surface area contributed by atoms with E-state index in [0.717, 1.165) is 61.2 Å². The monoisotopic (exact) mass is 451 g/mol. The lowest BCUT2D eigenvalue weighted by atomic mass is 9.93. The molecule has 33 heavy (non-hydrogen) atoms. The minimum atomic E-state index is -0.267. The first-order valence-electron chi connectivity index (χ1n) is 11.5. The third-order valence-electron chi connectivity index (χ3n) is 6.38. The van der Waals surface area contributed by atoms with Gasteiger partial charge < -0.3 is 25.4 Å². The zero-order valence-corrected chi connectivity index (χ0v) is 18.7. The number of carbonyl (C=O) groups is 1. The maximum atomic E-state index is 11.6. The molecule has 2 aliphatic rings. The van der Waals surface area contributed by atoms with Gasteiger partial charge >= 0.3 is 6.03 Å². The van der Waals surface area contributed by atoms with E-state index in [9.17, 15) is 9.90 Å². The Kier molecular flexibility index (Phi) is 6.10. The summed E-state index contributed by atoms with van der Waals surface area (Å²) in [7, 11) is 1.58. The SMILES string of the molecule is CNC(=O)Nc1ccc(-c2nc(N3CCOCC3)c3cnn(C4CCC(O)CC4)c3n2)cc1. The molecule has 3 aromatic rings. The molecule has 2 fully saturated rings. The molecule has 1 saturated carbocycles. The number of rotatable bonds is 4. The number of aromatic nitrogens is 4. The zero-order chi connectivity index (χ0) is 22.8. The van der Waals surface area contributed by atoms with Gasteiger partial charge in [0.2, 0.25) is 0 Å². The van der Waals surface area contributed by atoms with Gasteiger partial charge in [0.15, 0.2) is 11.5 Å². The van der Waals surface area contributed by atoms with Crippen LogP contribution < -0.4 is 15.5 Å². The van der Waals surface area contributed by atoms with Crippen molar-refractivity contribution in [2.75, 3.05) is 43.6 Å². The van der Waals surface area contributed by atoms with Gasteiger partial charge in [-0.25, -0.2) is 19.4 Å². The summed E-state index contributed by atoms with van der Waals surface area (Å²) in [5.41, 5.74) is 2.37. The van der Waals surface area contributed by atoms with Gasteiger partial charge in [-0.2, -0.15) is 5.10 Å². The predicted octanol–water partition coefficient (Wildman–Crippen LogP) is 2.56. The summed E-state index contributed by atoms with van der Waals surface area (Å²) < 4.78 is 7.56. The Labute approximate surface area is 192 Å². The van der Waals surface area contributed by atoms with E-state index in [2.05, 4.69) is 15.5 Å². The first-order chi connectivity index (χ1) is 16.1. The number of morpholine rings is 1. The van der Waals surface area contributed by atoms with Crippen LogP contribution in [0.4, 0.5) is 16.3 Å². The van der Waals surface area contributed by atoms with Gasteiger partial charge in [-0.3, -0.25) is 0 Å². The molecule has 1 aliphatic heterocycles. The molecule has 0 spiro atoms. The number of amides is 2. The van der Waals surface area contributed by atoms with Crippen molar-refractivity contribution in [3.05, 3.63) is 30.5 Å². The molecule has 0 bridgehead atoms. The van der Waals surface area contributed by atoms with E-state index in [4.69, 9.17) is 19.8 Å². The van der Waals surface area contributed by atoms with E-state index in [1.807, 2.05) is 35.1 Å². The van der Waals surface area contributed by atoms with Crippen molar-refractivity contribution < 1.29 is 14.6 Å². The van der Waals surface area contributed by atoms with Crippen molar-refractivity contribution in [2.45, 2.75) is 37.8 Å². The molecule has 2 amide bonds. The van der Waals surface area contributed by atoms with Crippen LogP contribution in [0, 0.1) is 0 Å². The second kappa shape index (κ2) is 9.32. The van der Waals surface area contributed by atoms with Gasteiger partial charge in [-0.1, -0.05) is 0 Å². The van der Waals surface area contributed by atoms with Crippen molar-refractivity contribution in [3.63, 3.8) is 0 Å². The largest absolute Gasteiger partial charge is 0.393 e. The van der Waals surface area contributed by atoms with Crippen LogP contribution in [0.5, 0.6) is 0 Å². The third-order valence-corrected chi connectivity index (χ3v) is 6.38. The minimum Gasteiger partial charge on any atom is -0.393 e. The van der Waals surface area contributed by atoms with E-state index in [1.165, 1.54) is 0 Å². The zero-order valence-electron chi connectivity index (χ0n) is 18.7. The van der Waals surface area contributed by atoms with Gasteiger partial charge in [0.25, 0.3) is 0 Å². The number of anilines is 2. The Bertz CT molecular complexity index is 1120. The van der Waals surface area contributed by atoms with Crippen molar-refractivity contribution >= 4 is 28.6 Å². The highest BCUT2D eigenvalue weighted by Crippen LogP contribution is 2.34. The normalized spacial score (nSPS) is 21.2. The van der Waals surface area contributed by atoms with Crippen LogP contribution in [0.15, 0.2) is 30.5 Å². The van der Waals surface area contributed by atoms with E-state index < -0.39 is 0 Å². The number of nitrogens with zero attached hydrogens (tertiary/aromatic N) is 5. The second-order valence-electron chi connectivity index (χ2n) is 8.54. The van der Waals surface area contributed by atoms with E-state index in [-0.39, 0.29) is 18.2 Å². The first kappa shape index (κ1) is 21.6. The number of benzene rings is 1. The van der Waals surface area contributed by atoms with Crippen LogP contribution in [0.2, 0.25) is 0 Å². The first-order valence-corrected chi connectivity index (χ1v) is 11.5. The van der Waals surface area contributed by atoms with E-state index >= 15 is 0 Å². The molecular formula is C23H29N7O3. The van der Waals surface area contributed by atoms with Crippen LogP contribution in [-0.2, 0) is 4.74 Å². The molecule has 1 aromatic carbocycles. The van der Waals surface area contributed by atoms with Crippen molar-refractivity contribution in [1.29, 1.82) is 0 Å². The fourth-order valence-electron chi connectivity index (χ4n) is 4.52. The summed E-state index contributed by atoms with van der Waals surface area (Å²) in [5.74, 6) is 1.49. The summed E-state index contributed by atoms with van der Waals surface area (Å²) in [6.45, 7) is 2.85. The van der Waals surface area contributed by atoms with E-state index in [0.29, 0.717) is 24.7 Å². The topological polar surface area (TPSA) is 117 Å². The number of ether oxygens (including phenoxy) is 1. The second-order valence-corrected chi connectivity index (χ2v) is 8.54. The van der Waals surface area contributed by atoms with Gasteiger partial charge in [0.05, 0.1) is 36.9 Å². The molecule has 174 valence electrons. The highest BCUT2D eigenvalue weighted by atomic mass is 16.5. The smallest absolute Gasteiger partial charge is 0.318 e. The molecule has 5 rings (SSSR count). The molecule has 10 nitrogen and oxygen atoms in total. The van der Waals surface area contributed by atoms with Gasteiger partial charge in [0.1, 0.15) is 5.82 Å². The molecule has 3 N–H and O–H groups in total. The van der Waals surface area contributed by atoms with Gasteiger partial charge in [-0.15, -0.1) is 0 Å². The molecule has 1 aliphatic carbocycles. The number of fused-ring (bicyclic) bond motifs is 1. The number of carbonyl (C=O) groups excluding carboxylic acids is 1. The molecular weight excluding hydrogens is 422 g/mol. The maximum Gasteiger partial charge on any atom is 0.318 e. The lowest BCUT2D eigenvalue weighted by molar-refractivity contribution is 0.109. The number of aliphatic hydroxyl groups excluding tert-OH is 1. The van der Waals surface area contributed by atoms with Crippen LogP contribution >= 0.6 is 0 Å². The number of urea groups is 1. The lowest BCUT2D eigenvalue weighted by Crippen LogP contribution is -2.37. The Balaban J connectivity index is 1.55. The van der Waals surface area contributed by atoms with Crippen LogP contribution in [0.3, 0.4) is 0 Å². The molecule has 2 aromatic heterocycles. The van der Waals surface area contributed by atoms with Crippen molar-refractivity contribution in [3.8, 4) is 11.4 Å². The fourth-order valence-corrected chi connectivity index (χ4v) is 4.52. The number of nitrogens with one attached hydrogen (secondary N) is 2. The Morgan fingerprint density at radius 3 is 2.52 bits per heavy atom. The highest BCUT2D eigenvalue weighted by Gasteiger charge is 2.26. The van der Waals surface area contributed by atoms with Crippen LogP contribution in [-0.4, -0.2) is 70.3 Å². The molecule has 10 heteroatoms. The van der Waals surface area contributed by atoms with Crippen molar-refractivity contribution in [1.82, 2.24) is 25.1 Å². The maximum absolute atomic E-state index is 11.6.